The Morgan fingerprint density at radius 3 is 2.80 bits per heavy atom. The van der Waals surface area contributed by atoms with Gasteiger partial charge in [0.1, 0.15) is 5.75 Å². The Bertz CT molecular complexity index is 843. The largest absolute Gasteiger partial charge is 0.453 e. The highest BCUT2D eigenvalue weighted by atomic mass is 19.1. The van der Waals surface area contributed by atoms with E-state index < -0.39 is 5.82 Å². The van der Waals surface area contributed by atoms with E-state index >= 15 is 0 Å². The zero-order valence-electron chi connectivity index (χ0n) is 18.2. The van der Waals surface area contributed by atoms with E-state index in [-0.39, 0.29) is 5.75 Å². The highest BCUT2D eigenvalue weighted by Gasteiger charge is 2.31. The van der Waals surface area contributed by atoms with Gasteiger partial charge in [0.05, 0.1) is 12.7 Å². The van der Waals surface area contributed by atoms with E-state index in [1.54, 1.807) is 30.6 Å². The Morgan fingerprint density at radius 1 is 1.33 bits per heavy atom. The molecule has 162 valence electrons. The van der Waals surface area contributed by atoms with E-state index in [0.717, 1.165) is 31.2 Å². The van der Waals surface area contributed by atoms with Crippen molar-refractivity contribution in [2.75, 3.05) is 19.6 Å². The van der Waals surface area contributed by atoms with Gasteiger partial charge in [0.25, 0.3) is 0 Å². The second kappa shape index (κ2) is 10.4. The van der Waals surface area contributed by atoms with Crippen molar-refractivity contribution < 1.29 is 9.13 Å². The number of ether oxygens (including phenoxy) is 1. The van der Waals surface area contributed by atoms with Crippen molar-refractivity contribution in [3.05, 3.63) is 54.1 Å². The molecule has 2 heterocycles. The summed E-state index contributed by atoms with van der Waals surface area (Å²) in [6.07, 6.45) is 3.20. The number of hydrogen-bond acceptors (Lipinski definition) is 4. The molecule has 2 unspecified atom stereocenters. The summed E-state index contributed by atoms with van der Waals surface area (Å²) in [6.45, 7) is 12.0. The van der Waals surface area contributed by atoms with Crippen LogP contribution in [0.25, 0.3) is 0 Å². The van der Waals surface area contributed by atoms with Gasteiger partial charge < -0.3 is 15.4 Å². The molecule has 3 rings (SSSR count). The fourth-order valence-corrected chi connectivity index (χ4v) is 3.54. The van der Waals surface area contributed by atoms with Crippen molar-refractivity contribution >= 4 is 5.96 Å². The normalized spacial score (nSPS) is 19.9. The molecule has 1 aliphatic rings. The van der Waals surface area contributed by atoms with Crippen molar-refractivity contribution in [1.82, 2.24) is 20.5 Å². The molecule has 2 atom stereocenters. The van der Waals surface area contributed by atoms with Gasteiger partial charge in [0.15, 0.2) is 17.5 Å². The summed E-state index contributed by atoms with van der Waals surface area (Å²) in [5.74, 6) is 1.56. The second-order valence-electron chi connectivity index (χ2n) is 8.03. The van der Waals surface area contributed by atoms with Crippen LogP contribution < -0.4 is 15.4 Å². The van der Waals surface area contributed by atoms with Crippen LogP contribution in [0.15, 0.2) is 47.7 Å². The Hall–Kier alpha value is -2.67. The summed E-state index contributed by atoms with van der Waals surface area (Å²) >= 11 is 0. The third kappa shape index (κ3) is 5.92. The lowest BCUT2D eigenvalue weighted by Gasteiger charge is -2.22. The molecule has 1 aliphatic heterocycles. The molecule has 2 aromatic rings. The zero-order chi connectivity index (χ0) is 21.5. The Kier molecular flexibility index (Phi) is 7.63. The highest BCUT2D eigenvalue weighted by Crippen LogP contribution is 2.24. The van der Waals surface area contributed by atoms with Crippen LogP contribution >= 0.6 is 0 Å². The Morgan fingerprint density at radius 2 is 2.17 bits per heavy atom. The molecule has 2 N–H and O–H groups in total. The quantitative estimate of drug-likeness (QED) is 0.534. The fraction of sp³-hybridized carbons (Fsp3) is 0.478. The lowest BCUT2D eigenvalue weighted by atomic mass is 10.1. The van der Waals surface area contributed by atoms with Crippen molar-refractivity contribution in [1.29, 1.82) is 0 Å². The highest BCUT2D eigenvalue weighted by molar-refractivity contribution is 5.80. The standard InChI is InChI=1S/C23H32FN5O/c1-5-26-23(28-21-15-29(16(2)3)14-17(21)4)27-12-18-8-9-22(20(24)11-18)30-19-7-6-10-25-13-19/h6-11,13,16-17,21H,5,12,14-15H2,1-4H3,(H2,26,27,28). The maximum Gasteiger partial charge on any atom is 0.191 e. The maximum atomic E-state index is 14.5. The van der Waals surface area contributed by atoms with Crippen molar-refractivity contribution in [3.63, 3.8) is 0 Å². The number of benzene rings is 1. The Balaban J connectivity index is 1.63. The molecule has 1 fully saturated rings. The third-order valence-corrected chi connectivity index (χ3v) is 5.32. The SMILES string of the molecule is CCNC(=NCc1ccc(Oc2cccnc2)c(F)c1)NC1CN(C(C)C)CC1C. The van der Waals surface area contributed by atoms with E-state index in [1.807, 2.05) is 13.0 Å². The van der Waals surface area contributed by atoms with E-state index in [9.17, 15) is 4.39 Å². The smallest absolute Gasteiger partial charge is 0.191 e. The predicted octanol–water partition coefficient (Wildman–Crippen LogP) is 3.80. The van der Waals surface area contributed by atoms with Crippen LogP contribution in [0.5, 0.6) is 11.5 Å². The number of aliphatic imine (C=N–C) groups is 1. The molecule has 30 heavy (non-hydrogen) atoms. The first-order chi connectivity index (χ1) is 14.5. The molecule has 1 saturated heterocycles. The zero-order valence-corrected chi connectivity index (χ0v) is 18.2. The molecule has 0 amide bonds. The minimum Gasteiger partial charge on any atom is -0.453 e. The summed E-state index contributed by atoms with van der Waals surface area (Å²) in [7, 11) is 0. The Labute approximate surface area is 178 Å². The molecule has 0 aliphatic carbocycles. The average Bonchev–Trinajstić information content (AvgIpc) is 3.10. The van der Waals surface area contributed by atoms with Crippen molar-refractivity contribution in [3.8, 4) is 11.5 Å². The fourth-order valence-electron chi connectivity index (χ4n) is 3.54. The molecule has 1 aromatic carbocycles. The van der Waals surface area contributed by atoms with Gasteiger partial charge in [-0.1, -0.05) is 13.0 Å². The van der Waals surface area contributed by atoms with Crippen LogP contribution in [0.1, 0.15) is 33.3 Å². The van der Waals surface area contributed by atoms with Crippen LogP contribution in [0.3, 0.4) is 0 Å². The summed E-state index contributed by atoms with van der Waals surface area (Å²) in [5.41, 5.74) is 0.784. The van der Waals surface area contributed by atoms with E-state index in [1.165, 1.54) is 6.07 Å². The third-order valence-electron chi connectivity index (χ3n) is 5.32. The molecule has 1 aromatic heterocycles. The number of likely N-dealkylation sites (tertiary alicyclic amines) is 1. The second-order valence-corrected chi connectivity index (χ2v) is 8.03. The monoisotopic (exact) mass is 413 g/mol. The number of rotatable bonds is 7. The molecule has 7 heteroatoms. The first kappa shape index (κ1) is 22.0. The number of hydrogen-bond donors (Lipinski definition) is 2. The maximum absolute atomic E-state index is 14.5. The minimum atomic E-state index is -0.415. The van der Waals surface area contributed by atoms with E-state index in [0.29, 0.717) is 30.3 Å². The molecule has 0 radical (unpaired) electrons. The van der Waals surface area contributed by atoms with Crippen LogP contribution in [-0.2, 0) is 6.54 Å². The van der Waals surface area contributed by atoms with Crippen LogP contribution in [0.2, 0.25) is 0 Å². The van der Waals surface area contributed by atoms with E-state index in [2.05, 4.69) is 46.3 Å². The lowest BCUT2D eigenvalue weighted by molar-refractivity contribution is 0.265. The molecular formula is C23H32FN5O. The average molecular weight is 414 g/mol. The van der Waals surface area contributed by atoms with Crippen LogP contribution in [0.4, 0.5) is 4.39 Å². The first-order valence-electron chi connectivity index (χ1n) is 10.6. The van der Waals surface area contributed by atoms with Crippen molar-refractivity contribution in [2.24, 2.45) is 10.9 Å². The minimum absolute atomic E-state index is 0.175. The van der Waals surface area contributed by atoms with Gasteiger partial charge in [0.2, 0.25) is 0 Å². The van der Waals surface area contributed by atoms with Gasteiger partial charge in [0, 0.05) is 37.9 Å². The number of halogens is 1. The van der Waals surface area contributed by atoms with Crippen LogP contribution in [-0.4, -0.2) is 47.6 Å². The summed E-state index contributed by atoms with van der Waals surface area (Å²) in [5, 5.41) is 6.85. The number of aromatic nitrogens is 1. The van der Waals surface area contributed by atoms with Crippen LogP contribution in [0, 0.1) is 11.7 Å². The topological polar surface area (TPSA) is 61.8 Å². The summed E-state index contributed by atoms with van der Waals surface area (Å²) in [4.78, 5) is 11.1. The number of nitrogens with one attached hydrogen (secondary N) is 2. The number of guanidine groups is 1. The van der Waals surface area contributed by atoms with E-state index in [4.69, 9.17) is 4.74 Å². The van der Waals surface area contributed by atoms with Gasteiger partial charge >= 0.3 is 0 Å². The van der Waals surface area contributed by atoms with Gasteiger partial charge in [-0.3, -0.25) is 9.88 Å². The molecule has 0 bridgehead atoms. The van der Waals surface area contributed by atoms with Gasteiger partial charge in [-0.05, 0) is 56.5 Å². The summed E-state index contributed by atoms with van der Waals surface area (Å²) in [6, 6.07) is 9.30. The molecule has 0 spiro atoms. The van der Waals surface area contributed by atoms with Crippen molar-refractivity contribution in [2.45, 2.75) is 46.3 Å². The van der Waals surface area contributed by atoms with Gasteiger partial charge in [-0.15, -0.1) is 0 Å². The van der Waals surface area contributed by atoms with Gasteiger partial charge in [-0.2, -0.15) is 0 Å². The number of pyridine rings is 1. The summed E-state index contributed by atoms with van der Waals surface area (Å²) < 4.78 is 20.0. The number of nitrogens with zero attached hydrogens (tertiary/aromatic N) is 3. The molecule has 0 saturated carbocycles. The van der Waals surface area contributed by atoms with Gasteiger partial charge in [-0.25, -0.2) is 9.38 Å². The molecular weight excluding hydrogens is 381 g/mol. The predicted molar refractivity (Wildman–Crippen MR) is 118 cm³/mol. The molecule has 6 nitrogen and oxygen atoms in total. The lowest BCUT2D eigenvalue weighted by Crippen LogP contribution is -2.46. The first-order valence-corrected chi connectivity index (χ1v) is 10.6.